The van der Waals surface area contributed by atoms with Crippen LogP contribution in [0.2, 0.25) is 0 Å². The summed E-state index contributed by atoms with van der Waals surface area (Å²) < 4.78 is 11.3. The van der Waals surface area contributed by atoms with Crippen LogP contribution in [-0.4, -0.2) is 30.3 Å². The van der Waals surface area contributed by atoms with Gasteiger partial charge < -0.3 is 14.8 Å². The Morgan fingerprint density at radius 2 is 1.44 bits per heavy atom. The number of hydrogen-bond acceptors (Lipinski definition) is 5. The first kappa shape index (κ1) is 21.3. The molecule has 3 aromatic carbocycles. The van der Waals surface area contributed by atoms with Gasteiger partial charge in [0.25, 0.3) is 5.91 Å². The van der Waals surface area contributed by atoms with Gasteiger partial charge in [-0.2, -0.15) is 0 Å². The van der Waals surface area contributed by atoms with Crippen LogP contribution in [0.15, 0.2) is 78.9 Å². The van der Waals surface area contributed by atoms with E-state index in [0.717, 1.165) is 5.56 Å². The zero-order chi connectivity index (χ0) is 22.5. The summed E-state index contributed by atoms with van der Waals surface area (Å²) in [5.74, 6) is -0.777. The summed E-state index contributed by atoms with van der Waals surface area (Å²) in [6.45, 7) is 0.953. The van der Waals surface area contributed by atoms with Crippen LogP contribution in [0.25, 0.3) is 0 Å². The highest BCUT2D eigenvalue weighted by atomic mass is 16.5. The molecule has 0 aliphatic carbocycles. The molecule has 1 amide bonds. The zero-order valence-electron chi connectivity index (χ0n) is 17.6. The molecule has 4 rings (SSSR count). The molecule has 0 saturated carbocycles. The molecule has 32 heavy (non-hydrogen) atoms. The van der Waals surface area contributed by atoms with Gasteiger partial charge in [-0.05, 0) is 31.0 Å². The minimum atomic E-state index is -0.697. The van der Waals surface area contributed by atoms with E-state index in [1.807, 2.05) is 66.7 Å². The van der Waals surface area contributed by atoms with Crippen LogP contribution in [0.3, 0.4) is 0 Å². The molecule has 0 fully saturated rings. The molecule has 0 aromatic heterocycles. The number of ether oxygens (including phenoxy) is 2. The fourth-order valence-corrected chi connectivity index (χ4v) is 3.77. The molecule has 0 saturated heterocycles. The quantitative estimate of drug-likeness (QED) is 0.578. The summed E-state index contributed by atoms with van der Waals surface area (Å²) in [5.41, 5.74) is 2.30. The van der Waals surface area contributed by atoms with Gasteiger partial charge in [0.15, 0.2) is 12.4 Å². The van der Waals surface area contributed by atoms with E-state index >= 15 is 0 Å². The second kappa shape index (κ2) is 9.47. The van der Waals surface area contributed by atoms with Crippen molar-refractivity contribution in [1.29, 1.82) is 0 Å². The molecular weight excluding hydrogens is 406 g/mol. The monoisotopic (exact) mass is 429 g/mol. The van der Waals surface area contributed by atoms with Gasteiger partial charge in [-0.3, -0.25) is 14.4 Å². The van der Waals surface area contributed by atoms with E-state index in [1.165, 1.54) is 6.92 Å². The lowest BCUT2D eigenvalue weighted by molar-refractivity contribution is -0.149. The largest absolute Gasteiger partial charge is 0.457 e. The van der Waals surface area contributed by atoms with E-state index in [4.69, 9.17) is 9.47 Å². The number of carbonyl (C=O) groups is 3. The predicted octanol–water partition coefficient (Wildman–Crippen LogP) is 3.78. The van der Waals surface area contributed by atoms with Gasteiger partial charge in [-0.15, -0.1) is 0 Å². The Morgan fingerprint density at radius 1 is 0.875 bits per heavy atom. The number of hydrogen-bond donors (Lipinski definition) is 1. The number of Topliss-reactive ketones (excluding diaryl/α,β-unsaturated/α-hetero) is 1. The maximum atomic E-state index is 13.0. The molecule has 3 aromatic rings. The van der Waals surface area contributed by atoms with Crippen molar-refractivity contribution in [3.05, 3.63) is 95.6 Å². The molecule has 0 spiro atoms. The molecule has 0 bridgehead atoms. The van der Waals surface area contributed by atoms with Gasteiger partial charge in [0.05, 0.1) is 6.04 Å². The fraction of sp³-hybridized carbons (Fsp3) is 0.192. The second-order valence-corrected chi connectivity index (χ2v) is 7.64. The average Bonchev–Trinajstić information content (AvgIpc) is 2.81. The van der Waals surface area contributed by atoms with Crippen molar-refractivity contribution >= 4 is 17.7 Å². The summed E-state index contributed by atoms with van der Waals surface area (Å²) in [5, 5.41) is 2.67. The molecular formula is C26H23NO5. The highest BCUT2D eigenvalue weighted by Gasteiger charge is 2.34. The summed E-state index contributed by atoms with van der Waals surface area (Å²) in [4.78, 5) is 37.5. The van der Waals surface area contributed by atoms with Crippen molar-refractivity contribution < 1.29 is 23.9 Å². The Balaban J connectivity index is 1.43. The molecule has 6 nitrogen and oxygen atoms in total. The topological polar surface area (TPSA) is 81.7 Å². The van der Waals surface area contributed by atoms with E-state index in [9.17, 15) is 14.4 Å². The van der Waals surface area contributed by atoms with Gasteiger partial charge >= 0.3 is 5.97 Å². The number of para-hydroxylation sites is 2. The van der Waals surface area contributed by atoms with Crippen molar-refractivity contribution in [2.75, 3.05) is 6.61 Å². The summed E-state index contributed by atoms with van der Waals surface area (Å²) in [6, 6.07) is 23.2. The standard InChI is InChI=1S/C26H23NO5/c1-17(28)21(15-18-9-3-2-4-10-18)27-24(29)16-31-26(30)25-19-11-5-7-13-22(19)32-23-14-8-6-12-20(23)25/h2-14,21,25H,15-16H2,1H3,(H,27,29)/t21-/m1/s1. The normalized spacial score (nSPS) is 13.2. The molecule has 0 radical (unpaired) electrons. The van der Waals surface area contributed by atoms with Crippen molar-refractivity contribution in [3.8, 4) is 11.5 Å². The molecule has 0 unspecified atom stereocenters. The van der Waals surface area contributed by atoms with E-state index in [-0.39, 0.29) is 5.78 Å². The van der Waals surface area contributed by atoms with E-state index in [2.05, 4.69) is 5.32 Å². The van der Waals surface area contributed by atoms with Crippen LogP contribution in [0, 0.1) is 0 Å². The van der Waals surface area contributed by atoms with Crippen LogP contribution < -0.4 is 10.1 Å². The van der Waals surface area contributed by atoms with Crippen molar-refractivity contribution in [2.24, 2.45) is 0 Å². The lowest BCUT2D eigenvalue weighted by Crippen LogP contribution is -2.43. The molecule has 162 valence electrons. The van der Waals surface area contributed by atoms with Gasteiger partial charge in [0, 0.05) is 11.1 Å². The number of amides is 1. The average molecular weight is 429 g/mol. The Kier molecular flexibility index (Phi) is 6.31. The maximum Gasteiger partial charge on any atom is 0.318 e. The summed E-state index contributed by atoms with van der Waals surface area (Å²) >= 11 is 0. The number of carbonyl (C=O) groups excluding carboxylic acids is 3. The lowest BCUT2D eigenvalue weighted by atomic mass is 9.88. The first-order valence-corrected chi connectivity index (χ1v) is 10.4. The van der Waals surface area contributed by atoms with E-state index < -0.39 is 30.4 Å². The van der Waals surface area contributed by atoms with Crippen LogP contribution in [0.1, 0.15) is 29.5 Å². The number of nitrogens with one attached hydrogen (secondary N) is 1. The Bertz CT molecular complexity index is 1100. The number of esters is 1. The van der Waals surface area contributed by atoms with Crippen LogP contribution >= 0.6 is 0 Å². The third-order valence-corrected chi connectivity index (χ3v) is 5.37. The van der Waals surface area contributed by atoms with Crippen LogP contribution in [0.4, 0.5) is 0 Å². The van der Waals surface area contributed by atoms with E-state index in [1.54, 1.807) is 12.1 Å². The van der Waals surface area contributed by atoms with Gasteiger partial charge in [-0.1, -0.05) is 66.7 Å². The predicted molar refractivity (Wildman–Crippen MR) is 119 cm³/mol. The first-order valence-electron chi connectivity index (χ1n) is 10.4. The number of fused-ring (bicyclic) bond motifs is 2. The van der Waals surface area contributed by atoms with Crippen molar-refractivity contribution in [3.63, 3.8) is 0 Å². The minimum absolute atomic E-state index is 0.166. The highest BCUT2D eigenvalue weighted by Crippen LogP contribution is 2.44. The molecule has 6 heteroatoms. The van der Waals surface area contributed by atoms with Crippen molar-refractivity contribution in [2.45, 2.75) is 25.3 Å². The first-order chi connectivity index (χ1) is 15.5. The summed E-state index contributed by atoms with van der Waals surface area (Å²) in [7, 11) is 0. The zero-order valence-corrected chi connectivity index (χ0v) is 17.6. The molecule has 1 N–H and O–H groups in total. The maximum absolute atomic E-state index is 13.0. The number of benzene rings is 3. The lowest BCUT2D eigenvalue weighted by Gasteiger charge is -2.26. The molecule has 1 heterocycles. The van der Waals surface area contributed by atoms with E-state index in [0.29, 0.717) is 29.0 Å². The smallest absolute Gasteiger partial charge is 0.318 e. The van der Waals surface area contributed by atoms with Crippen molar-refractivity contribution in [1.82, 2.24) is 5.32 Å². The van der Waals surface area contributed by atoms with Gasteiger partial charge in [0.2, 0.25) is 0 Å². The third kappa shape index (κ3) is 4.70. The van der Waals surface area contributed by atoms with Gasteiger partial charge in [-0.25, -0.2) is 0 Å². The Morgan fingerprint density at radius 3 is 2.03 bits per heavy atom. The summed E-state index contributed by atoms with van der Waals surface area (Å²) in [6.07, 6.45) is 0.372. The Hall–Kier alpha value is -3.93. The highest BCUT2D eigenvalue weighted by molar-refractivity contribution is 5.90. The van der Waals surface area contributed by atoms with Crippen LogP contribution in [0.5, 0.6) is 11.5 Å². The number of ketones is 1. The third-order valence-electron chi connectivity index (χ3n) is 5.37. The minimum Gasteiger partial charge on any atom is -0.457 e. The fourth-order valence-electron chi connectivity index (χ4n) is 3.77. The molecule has 1 atom stereocenters. The Labute approximate surface area is 186 Å². The second-order valence-electron chi connectivity index (χ2n) is 7.64. The molecule has 1 aliphatic rings. The number of rotatable bonds is 7. The van der Waals surface area contributed by atoms with Gasteiger partial charge in [0.1, 0.15) is 17.4 Å². The van der Waals surface area contributed by atoms with Crippen LogP contribution in [-0.2, 0) is 25.5 Å². The SMILES string of the molecule is CC(=O)[C@@H](Cc1ccccc1)NC(=O)COC(=O)C1c2ccccc2Oc2ccccc21. The molecule has 1 aliphatic heterocycles.